The number of rotatable bonds is 8. The first-order valence-electron chi connectivity index (χ1n) is 13.3. The summed E-state index contributed by atoms with van der Waals surface area (Å²) in [6, 6.07) is 6.55. The molecule has 0 bridgehead atoms. The van der Waals surface area contributed by atoms with Crippen LogP contribution < -0.4 is 15.8 Å². The highest BCUT2D eigenvalue weighted by Gasteiger charge is 2.27. The van der Waals surface area contributed by atoms with E-state index in [1.807, 2.05) is 4.52 Å². The normalized spacial score (nSPS) is 15.1. The summed E-state index contributed by atoms with van der Waals surface area (Å²) >= 11 is 1.73. The van der Waals surface area contributed by atoms with E-state index in [1.165, 1.54) is 29.4 Å². The standard InChI is InChI=1S/C26H32N6O2S.2CH2O2/c1-16-9-18-11-22(35-25(18)21(10-16)33-2)23-19(14-34-13-17-3-4-17)20(12-31-7-5-28-6-8-31)32-24(23)26(27)29-15-30-32;2*2-1-3/h9-11,15,17,28H,3-8,12-14H2,1-2H3,(H2,27,29,30);2*1H,(H,2,3). The molecule has 2 fully saturated rings. The fourth-order valence-electron chi connectivity index (χ4n) is 5.04. The number of nitrogens with zero attached hydrogens (tertiary/aromatic N) is 4. The first-order chi connectivity index (χ1) is 19.9. The predicted molar refractivity (Wildman–Crippen MR) is 157 cm³/mol. The summed E-state index contributed by atoms with van der Waals surface area (Å²) in [5.41, 5.74) is 12.0. The van der Waals surface area contributed by atoms with E-state index in [0.717, 1.165) is 71.4 Å². The fourth-order valence-corrected chi connectivity index (χ4v) is 6.24. The highest BCUT2D eigenvalue weighted by atomic mass is 32.1. The molecule has 1 aliphatic heterocycles. The van der Waals surface area contributed by atoms with Crippen molar-refractivity contribution in [3.63, 3.8) is 0 Å². The second-order valence-corrected chi connectivity index (χ2v) is 10.9. The predicted octanol–water partition coefficient (Wildman–Crippen LogP) is 3.24. The Balaban J connectivity index is 0.000000596. The van der Waals surface area contributed by atoms with Gasteiger partial charge in [0.1, 0.15) is 17.6 Å². The molecule has 0 unspecified atom stereocenters. The molecule has 2 aliphatic rings. The third-order valence-electron chi connectivity index (χ3n) is 7.03. The number of aryl methyl sites for hydroxylation is 1. The lowest BCUT2D eigenvalue weighted by Gasteiger charge is -2.27. The third-order valence-corrected chi connectivity index (χ3v) is 8.22. The van der Waals surface area contributed by atoms with E-state index in [1.54, 1.807) is 24.8 Å². The Hall–Kier alpha value is -3.78. The Kier molecular flexibility index (Phi) is 10.5. The molecule has 1 saturated carbocycles. The number of hydrogen-bond acceptors (Lipinski definition) is 10. The Morgan fingerprint density at radius 1 is 1.17 bits per heavy atom. The molecule has 6 rings (SSSR count). The molecule has 220 valence electrons. The maximum Gasteiger partial charge on any atom is 0.290 e. The monoisotopic (exact) mass is 584 g/mol. The molecular weight excluding hydrogens is 548 g/mol. The largest absolute Gasteiger partial charge is 0.495 e. The van der Waals surface area contributed by atoms with Crippen molar-refractivity contribution in [3.05, 3.63) is 41.3 Å². The Bertz CT molecular complexity index is 1470. The maximum atomic E-state index is 8.36. The minimum absolute atomic E-state index is 0.250. The zero-order valence-electron chi connectivity index (χ0n) is 23.2. The number of piperazine rings is 1. The minimum Gasteiger partial charge on any atom is -0.495 e. The van der Waals surface area contributed by atoms with Crippen molar-refractivity contribution < 1.29 is 29.3 Å². The van der Waals surface area contributed by atoms with E-state index in [0.29, 0.717) is 18.3 Å². The molecule has 4 aromatic rings. The molecule has 1 aromatic carbocycles. The van der Waals surface area contributed by atoms with Gasteiger partial charge in [-0.05, 0) is 48.8 Å². The van der Waals surface area contributed by atoms with Crippen LogP contribution in [0.5, 0.6) is 5.75 Å². The second kappa shape index (κ2) is 14.2. The molecule has 0 amide bonds. The van der Waals surface area contributed by atoms with E-state index in [-0.39, 0.29) is 12.9 Å². The van der Waals surface area contributed by atoms with Crippen molar-refractivity contribution in [2.24, 2.45) is 5.92 Å². The van der Waals surface area contributed by atoms with Gasteiger partial charge in [-0.3, -0.25) is 14.5 Å². The highest BCUT2D eigenvalue weighted by molar-refractivity contribution is 7.22. The smallest absolute Gasteiger partial charge is 0.290 e. The summed E-state index contributed by atoms with van der Waals surface area (Å²) in [6.07, 6.45) is 4.09. The summed E-state index contributed by atoms with van der Waals surface area (Å²) in [5, 5.41) is 23.1. The molecule has 5 N–H and O–H groups in total. The lowest BCUT2D eigenvalue weighted by molar-refractivity contribution is -0.123. The Labute approximate surface area is 241 Å². The van der Waals surface area contributed by atoms with Gasteiger partial charge < -0.3 is 30.7 Å². The van der Waals surface area contributed by atoms with E-state index >= 15 is 0 Å². The van der Waals surface area contributed by atoms with Crippen LogP contribution in [-0.4, -0.2) is 82.6 Å². The number of nitrogen functional groups attached to an aromatic ring is 1. The van der Waals surface area contributed by atoms with Gasteiger partial charge in [0.25, 0.3) is 12.9 Å². The first kappa shape index (κ1) is 30.2. The molecule has 13 heteroatoms. The Morgan fingerprint density at radius 2 is 1.88 bits per heavy atom. The number of carbonyl (C=O) groups is 2. The van der Waals surface area contributed by atoms with Crippen molar-refractivity contribution in [2.45, 2.75) is 32.9 Å². The lowest BCUT2D eigenvalue weighted by atomic mass is 10.1. The van der Waals surface area contributed by atoms with Crippen LogP contribution in [0.3, 0.4) is 0 Å². The highest BCUT2D eigenvalue weighted by Crippen LogP contribution is 2.44. The number of benzene rings is 1. The van der Waals surface area contributed by atoms with Gasteiger partial charge in [0.05, 0.1) is 24.1 Å². The van der Waals surface area contributed by atoms with Crippen LogP contribution in [0.25, 0.3) is 26.0 Å². The number of hydrogen-bond donors (Lipinski definition) is 4. The van der Waals surface area contributed by atoms with Crippen LogP contribution in [0.1, 0.15) is 29.7 Å². The number of carboxylic acid groups (broad SMARTS) is 2. The average Bonchev–Trinajstić information content (AvgIpc) is 3.61. The molecule has 4 heterocycles. The van der Waals surface area contributed by atoms with Crippen LogP contribution in [0.2, 0.25) is 0 Å². The molecular formula is C28H36N6O6S. The summed E-state index contributed by atoms with van der Waals surface area (Å²) in [6.45, 7) is 7.75. The van der Waals surface area contributed by atoms with Crippen LogP contribution in [0.15, 0.2) is 24.5 Å². The van der Waals surface area contributed by atoms with E-state index < -0.39 is 0 Å². The lowest BCUT2D eigenvalue weighted by Crippen LogP contribution is -2.43. The van der Waals surface area contributed by atoms with Gasteiger partial charge in [0.2, 0.25) is 0 Å². The maximum absolute atomic E-state index is 8.36. The number of aromatic nitrogens is 3. The number of anilines is 1. The van der Waals surface area contributed by atoms with Crippen LogP contribution in [0, 0.1) is 12.8 Å². The van der Waals surface area contributed by atoms with Crippen molar-refractivity contribution in [2.75, 3.05) is 45.6 Å². The topological polar surface area (TPSA) is 165 Å². The molecule has 0 atom stereocenters. The van der Waals surface area contributed by atoms with Gasteiger partial charge >= 0.3 is 0 Å². The molecule has 1 aliphatic carbocycles. The summed E-state index contributed by atoms with van der Waals surface area (Å²) in [4.78, 5) is 24.7. The number of nitrogens with two attached hydrogens (primary N) is 1. The second-order valence-electron chi connectivity index (χ2n) is 9.90. The van der Waals surface area contributed by atoms with Gasteiger partial charge in [-0.2, -0.15) is 5.10 Å². The molecule has 3 aromatic heterocycles. The number of thiophene rings is 1. The minimum atomic E-state index is -0.250. The average molecular weight is 585 g/mol. The SMILES string of the molecule is COc1cc(C)cc2cc(-c3c(COCC4CC4)c(CN4CCNCC4)n4ncnc(N)c34)sc12.O=CO.O=CO. The molecule has 0 spiro atoms. The third kappa shape index (κ3) is 7.11. The van der Waals surface area contributed by atoms with Crippen molar-refractivity contribution in [1.29, 1.82) is 0 Å². The zero-order chi connectivity index (χ0) is 29.4. The summed E-state index contributed by atoms with van der Waals surface area (Å²) in [5.74, 6) is 2.09. The number of fused-ring (bicyclic) bond motifs is 2. The Morgan fingerprint density at radius 3 is 2.54 bits per heavy atom. The molecule has 1 saturated heterocycles. The first-order valence-corrected chi connectivity index (χ1v) is 14.1. The van der Waals surface area contributed by atoms with Crippen LogP contribution in [0.4, 0.5) is 5.82 Å². The van der Waals surface area contributed by atoms with Crippen molar-refractivity contribution in [1.82, 2.24) is 24.8 Å². The van der Waals surface area contributed by atoms with Crippen LogP contribution in [-0.2, 0) is 27.5 Å². The van der Waals surface area contributed by atoms with Crippen molar-refractivity contribution in [3.8, 4) is 16.2 Å². The number of methoxy groups -OCH3 is 1. The van der Waals surface area contributed by atoms with Crippen molar-refractivity contribution >= 4 is 45.7 Å². The summed E-state index contributed by atoms with van der Waals surface area (Å²) in [7, 11) is 1.73. The number of nitrogens with one attached hydrogen (secondary N) is 1. The molecule has 41 heavy (non-hydrogen) atoms. The van der Waals surface area contributed by atoms with E-state index in [2.05, 4.69) is 45.4 Å². The fraction of sp³-hybridized carbons (Fsp3) is 0.429. The molecule has 0 radical (unpaired) electrons. The van der Waals surface area contributed by atoms with Gasteiger partial charge in [-0.25, -0.2) is 9.50 Å². The van der Waals surface area contributed by atoms with E-state index in [9.17, 15) is 0 Å². The van der Waals surface area contributed by atoms with Crippen LogP contribution >= 0.6 is 11.3 Å². The van der Waals surface area contributed by atoms with Gasteiger partial charge in [0.15, 0.2) is 5.82 Å². The zero-order valence-corrected chi connectivity index (χ0v) is 24.0. The van der Waals surface area contributed by atoms with E-state index in [4.69, 9.17) is 35.0 Å². The quantitative estimate of drug-likeness (QED) is 0.225. The molecule has 12 nitrogen and oxygen atoms in total. The summed E-state index contributed by atoms with van der Waals surface area (Å²) < 4.78 is 15.1. The van der Waals surface area contributed by atoms with Gasteiger partial charge in [-0.15, -0.1) is 11.3 Å². The van der Waals surface area contributed by atoms with Gasteiger partial charge in [-0.1, -0.05) is 6.07 Å². The number of ether oxygens (including phenoxy) is 2. The van der Waals surface area contributed by atoms with Gasteiger partial charge in [0, 0.05) is 55.3 Å².